The summed E-state index contributed by atoms with van der Waals surface area (Å²) in [5.41, 5.74) is 0.492. The SMILES string of the molecule is CC[C@H](C)NC(=O)c1cc(OC)ccc1OC1CCN(C(=O)C2CC2)CC1. The number of nitrogens with zero attached hydrogens (tertiary/aromatic N) is 1. The van der Waals surface area contributed by atoms with E-state index in [1.807, 2.05) is 18.7 Å². The van der Waals surface area contributed by atoms with Gasteiger partial charge in [0, 0.05) is 37.9 Å². The third kappa shape index (κ3) is 4.93. The fourth-order valence-corrected chi connectivity index (χ4v) is 3.28. The standard InChI is InChI=1S/C21H30N2O4/c1-4-14(2)22-20(24)18-13-17(26-3)7-8-19(18)27-16-9-11-23(12-10-16)21(25)15-5-6-15/h7-8,13-16H,4-6,9-12H2,1-3H3,(H,22,24)/t14-/m0/s1. The number of methoxy groups -OCH3 is 1. The molecule has 1 aromatic rings. The highest BCUT2D eigenvalue weighted by Crippen LogP contribution is 2.33. The largest absolute Gasteiger partial charge is 0.497 e. The summed E-state index contributed by atoms with van der Waals surface area (Å²) in [5, 5.41) is 2.99. The second-order valence-corrected chi connectivity index (χ2v) is 7.56. The van der Waals surface area contributed by atoms with Crippen LogP contribution in [0.3, 0.4) is 0 Å². The molecule has 1 saturated heterocycles. The lowest BCUT2D eigenvalue weighted by Crippen LogP contribution is -2.42. The molecule has 1 heterocycles. The molecule has 2 aliphatic rings. The lowest BCUT2D eigenvalue weighted by molar-refractivity contribution is -0.134. The molecule has 148 valence electrons. The Kier molecular flexibility index (Phi) is 6.24. The number of hydrogen-bond donors (Lipinski definition) is 1. The van der Waals surface area contributed by atoms with Crippen LogP contribution in [0.2, 0.25) is 0 Å². The van der Waals surface area contributed by atoms with E-state index >= 15 is 0 Å². The average molecular weight is 374 g/mol. The zero-order valence-corrected chi connectivity index (χ0v) is 16.5. The topological polar surface area (TPSA) is 67.9 Å². The predicted octanol–water partition coefficient (Wildman–Crippen LogP) is 3.00. The molecule has 0 spiro atoms. The van der Waals surface area contributed by atoms with Gasteiger partial charge in [0.15, 0.2) is 0 Å². The van der Waals surface area contributed by atoms with E-state index in [0.717, 1.165) is 45.2 Å². The first-order valence-corrected chi connectivity index (χ1v) is 9.96. The third-order valence-electron chi connectivity index (χ3n) is 5.40. The summed E-state index contributed by atoms with van der Waals surface area (Å²) in [4.78, 5) is 26.8. The van der Waals surface area contributed by atoms with Gasteiger partial charge < -0.3 is 19.7 Å². The summed E-state index contributed by atoms with van der Waals surface area (Å²) in [6.07, 6.45) is 4.52. The monoisotopic (exact) mass is 374 g/mol. The molecule has 1 aromatic carbocycles. The Morgan fingerprint density at radius 2 is 1.93 bits per heavy atom. The van der Waals surface area contributed by atoms with Gasteiger partial charge in [-0.1, -0.05) is 6.92 Å². The number of nitrogens with one attached hydrogen (secondary N) is 1. The van der Waals surface area contributed by atoms with Crippen molar-refractivity contribution in [2.24, 2.45) is 5.92 Å². The van der Waals surface area contributed by atoms with Gasteiger partial charge in [0.2, 0.25) is 5.91 Å². The molecule has 6 heteroatoms. The Bertz CT molecular complexity index is 679. The molecule has 0 radical (unpaired) electrons. The highest BCUT2D eigenvalue weighted by atomic mass is 16.5. The van der Waals surface area contributed by atoms with Gasteiger partial charge in [-0.3, -0.25) is 9.59 Å². The van der Waals surface area contributed by atoms with Crippen molar-refractivity contribution in [2.75, 3.05) is 20.2 Å². The first kappa shape index (κ1) is 19.5. The van der Waals surface area contributed by atoms with Crippen LogP contribution in [0.1, 0.15) is 56.3 Å². The number of rotatable bonds is 7. The summed E-state index contributed by atoms with van der Waals surface area (Å²) < 4.78 is 11.4. The van der Waals surface area contributed by atoms with Crippen molar-refractivity contribution >= 4 is 11.8 Å². The number of amides is 2. The molecule has 6 nitrogen and oxygen atoms in total. The van der Waals surface area contributed by atoms with Gasteiger partial charge >= 0.3 is 0 Å². The van der Waals surface area contributed by atoms with Gasteiger partial charge in [0.25, 0.3) is 5.91 Å². The molecule has 0 unspecified atom stereocenters. The van der Waals surface area contributed by atoms with Crippen LogP contribution in [0.5, 0.6) is 11.5 Å². The Balaban J connectivity index is 1.65. The van der Waals surface area contributed by atoms with E-state index in [-0.39, 0.29) is 24.0 Å². The number of carbonyl (C=O) groups excluding carboxylic acids is 2. The van der Waals surface area contributed by atoms with E-state index < -0.39 is 0 Å². The van der Waals surface area contributed by atoms with Gasteiger partial charge in [-0.25, -0.2) is 0 Å². The number of likely N-dealkylation sites (tertiary alicyclic amines) is 1. The molecular weight excluding hydrogens is 344 g/mol. The van der Waals surface area contributed by atoms with E-state index in [4.69, 9.17) is 9.47 Å². The van der Waals surface area contributed by atoms with Gasteiger partial charge in [-0.05, 0) is 44.4 Å². The summed E-state index contributed by atoms with van der Waals surface area (Å²) in [6, 6.07) is 5.42. The molecule has 1 saturated carbocycles. The summed E-state index contributed by atoms with van der Waals surface area (Å²) >= 11 is 0. The minimum atomic E-state index is -0.153. The molecule has 27 heavy (non-hydrogen) atoms. The second-order valence-electron chi connectivity index (χ2n) is 7.56. The number of piperidine rings is 1. The Hall–Kier alpha value is -2.24. The van der Waals surface area contributed by atoms with Crippen molar-refractivity contribution in [3.8, 4) is 11.5 Å². The maximum atomic E-state index is 12.7. The van der Waals surface area contributed by atoms with E-state index in [9.17, 15) is 9.59 Å². The van der Waals surface area contributed by atoms with Crippen LogP contribution in [-0.4, -0.2) is 49.1 Å². The highest BCUT2D eigenvalue weighted by Gasteiger charge is 2.35. The van der Waals surface area contributed by atoms with Gasteiger partial charge in [0.1, 0.15) is 17.6 Å². The van der Waals surface area contributed by atoms with Crippen molar-refractivity contribution in [3.05, 3.63) is 23.8 Å². The molecule has 2 amide bonds. The van der Waals surface area contributed by atoms with Crippen LogP contribution >= 0.6 is 0 Å². The van der Waals surface area contributed by atoms with Crippen molar-refractivity contribution in [1.82, 2.24) is 10.2 Å². The Morgan fingerprint density at radius 1 is 1.22 bits per heavy atom. The molecule has 1 N–H and O–H groups in total. The molecule has 1 aliphatic carbocycles. The first-order chi connectivity index (χ1) is 13.0. The zero-order chi connectivity index (χ0) is 19.4. The molecule has 1 aliphatic heterocycles. The smallest absolute Gasteiger partial charge is 0.255 e. The van der Waals surface area contributed by atoms with Crippen molar-refractivity contribution in [1.29, 1.82) is 0 Å². The van der Waals surface area contributed by atoms with Crippen LogP contribution in [0.25, 0.3) is 0 Å². The van der Waals surface area contributed by atoms with Crippen molar-refractivity contribution in [3.63, 3.8) is 0 Å². The van der Waals surface area contributed by atoms with E-state index in [1.54, 1.807) is 25.3 Å². The number of carbonyl (C=O) groups is 2. The van der Waals surface area contributed by atoms with E-state index in [0.29, 0.717) is 23.0 Å². The number of ether oxygens (including phenoxy) is 2. The van der Waals surface area contributed by atoms with Gasteiger partial charge in [0.05, 0.1) is 12.7 Å². The highest BCUT2D eigenvalue weighted by molar-refractivity contribution is 5.97. The quantitative estimate of drug-likeness (QED) is 0.797. The summed E-state index contributed by atoms with van der Waals surface area (Å²) in [6.45, 7) is 5.46. The minimum Gasteiger partial charge on any atom is -0.497 e. The molecule has 0 aromatic heterocycles. The average Bonchev–Trinajstić information content (AvgIpc) is 3.53. The van der Waals surface area contributed by atoms with Crippen LogP contribution in [0.4, 0.5) is 0 Å². The first-order valence-electron chi connectivity index (χ1n) is 9.96. The maximum absolute atomic E-state index is 12.7. The van der Waals surface area contributed by atoms with E-state index in [2.05, 4.69) is 5.32 Å². The normalized spacial score (nSPS) is 18.7. The Labute approximate surface area is 161 Å². The summed E-state index contributed by atoms with van der Waals surface area (Å²) in [7, 11) is 1.58. The maximum Gasteiger partial charge on any atom is 0.255 e. The summed E-state index contributed by atoms with van der Waals surface area (Å²) in [5.74, 6) is 1.61. The lowest BCUT2D eigenvalue weighted by atomic mass is 10.1. The predicted molar refractivity (Wildman–Crippen MR) is 103 cm³/mol. The van der Waals surface area contributed by atoms with Crippen LogP contribution in [-0.2, 0) is 4.79 Å². The number of hydrogen-bond acceptors (Lipinski definition) is 4. The lowest BCUT2D eigenvalue weighted by Gasteiger charge is -2.32. The zero-order valence-electron chi connectivity index (χ0n) is 16.5. The number of benzene rings is 1. The Morgan fingerprint density at radius 3 is 2.52 bits per heavy atom. The second kappa shape index (κ2) is 8.63. The van der Waals surface area contributed by atoms with Gasteiger partial charge in [-0.15, -0.1) is 0 Å². The molecule has 2 fully saturated rings. The molecule has 1 atom stereocenters. The van der Waals surface area contributed by atoms with Crippen LogP contribution < -0.4 is 14.8 Å². The van der Waals surface area contributed by atoms with Gasteiger partial charge in [-0.2, -0.15) is 0 Å². The molecular formula is C21H30N2O4. The van der Waals surface area contributed by atoms with Crippen LogP contribution in [0.15, 0.2) is 18.2 Å². The van der Waals surface area contributed by atoms with E-state index in [1.165, 1.54) is 0 Å². The fraction of sp³-hybridized carbons (Fsp3) is 0.619. The molecule has 0 bridgehead atoms. The van der Waals surface area contributed by atoms with Crippen LogP contribution in [0, 0.1) is 5.92 Å². The molecule has 3 rings (SSSR count). The fourth-order valence-electron chi connectivity index (χ4n) is 3.28. The van der Waals surface area contributed by atoms with Crippen molar-refractivity contribution < 1.29 is 19.1 Å². The third-order valence-corrected chi connectivity index (χ3v) is 5.40. The van der Waals surface area contributed by atoms with Crippen molar-refractivity contribution in [2.45, 2.75) is 58.1 Å². The minimum absolute atomic E-state index is 0.0109.